The average molecular weight is 229 g/mol. The Balaban J connectivity index is 2.44. The molecule has 0 bridgehead atoms. The van der Waals surface area contributed by atoms with E-state index in [1.165, 1.54) is 0 Å². The minimum Gasteiger partial charge on any atom is -0.475 e. The number of aryl methyl sites for hydroxylation is 2. The lowest BCUT2D eigenvalue weighted by Gasteiger charge is -1.98. The van der Waals surface area contributed by atoms with Gasteiger partial charge in [0.1, 0.15) is 0 Å². The van der Waals surface area contributed by atoms with E-state index in [1.807, 2.05) is 19.9 Å². The van der Waals surface area contributed by atoms with E-state index in [0.717, 1.165) is 27.4 Å². The molecule has 0 aliphatic heterocycles. The maximum Gasteiger partial charge on any atom is 0.371 e. The van der Waals surface area contributed by atoms with Crippen LogP contribution in [0.15, 0.2) is 22.6 Å². The summed E-state index contributed by atoms with van der Waals surface area (Å²) in [7, 11) is 0. The number of aromatic nitrogens is 1. The van der Waals surface area contributed by atoms with E-state index >= 15 is 0 Å². The van der Waals surface area contributed by atoms with Gasteiger partial charge >= 0.3 is 5.97 Å². The number of benzene rings is 1. The Morgan fingerprint density at radius 3 is 2.71 bits per heavy atom. The van der Waals surface area contributed by atoms with Crippen molar-refractivity contribution in [3.63, 3.8) is 0 Å². The predicted molar refractivity (Wildman–Crippen MR) is 64.5 cm³/mol. The third-order valence-corrected chi connectivity index (χ3v) is 2.95. The fraction of sp³-hybridized carbons (Fsp3) is 0.154. The van der Waals surface area contributed by atoms with E-state index in [-0.39, 0.29) is 5.76 Å². The molecule has 4 heteroatoms. The lowest BCUT2D eigenvalue weighted by atomic mass is 10.1. The topological polar surface area (TPSA) is 66.2 Å². The third-order valence-electron chi connectivity index (χ3n) is 2.95. The monoisotopic (exact) mass is 229 g/mol. The van der Waals surface area contributed by atoms with E-state index in [9.17, 15) is 4.79 Å². The maximum atomic E-state index is 10.8. The highest BCUT2D eigenvalue weighted by molar-refractivity contribution is 6.08. The molecule has 2 heterocycles. The second-order valence-electron chi connectivity index (χ2n) is 4.29. The molecule has 0 atom stereocenters. The highest BCUT2D eigenvalue weighted by Gasteiger charge is 2.15. The first-order valence-corrected chi connectivity index (χ1v) is 5.32. The summed E-state index contributed by atoms with van der Waals surface area (Å²) in [5.41, 5.74) is 3.80. The Morgan fingerprint density at radius 1 is 1.24 bits per heavy atom. The first-order chi connectivity index (χ1) is 8.06. The molecule has 0 aliphatic carbocycles. The van der Waals surface area contributed by atoms with Crippen LogP contribution in [-0.4, -0.2) is 16.1 Å². The molecule has 0 amide bonds. The van der Waals surface area contributed by atoms with Gasteiger partial charge in [-0.15, -0.1) is 0 Å². The van der Waals surface area contributed by atoms with Crippen LogP contribution in [0.4, 0.5) is 0 Å². The number of H-pyrrole nitrogens is 1. The van der Waals surface area contributed by atoms with Gasteiger partial charge in [-0.1, -0.05) is 11.6 Å². The Morgan fingerprint density at radius 2 is 2.00 bits per heavy atom. The van der Waals surface area contributed by atoms with Crippen LogP contribution in [0.5, 0.6) is 0 Å². The summed E-state index contributed by atoms with van der Waals surface area (Å²) < 4.78 is 5.25. The van der Waals surface area contributed by atoms with Gasteiger partial charge in [0.05, 0.1) is 5.52 Å². The standard InChI is InChI=1S/C13H11NO3/c1-6-3-7(2)11-8(4-6)9-5-10(13(15)16)17-12(9)14-11/h3-5,14H,1-2H3,(H,15,16). The molecule has 1 aromatic carbocycles. The molecule has 86 valence electrons. The molecular weight excluding hydrogens is 218 g/mol. The molecule has 3 aromatic rings. The molecule has 0 saturated heterocycles. The molecule has 0 fully saturated rings. The van der Waals surface area contributed by atoms with E-state index in [1.54, 1.807) is 6.07 Å². The zero-order chi connectivity index (χ0) is 12.2. The summed E-state index contributed by atoms with van der Waals surface area (Å²) >= 11 is 0. The molecule has 0 saturated carbocycles. The second-order valence-corrected chi connectivity index (χ2v) is 4.29. The molecule has 2 N–H and O–H groups in total. The Hall–Kier alpha value is -2.23. The van der Waals surface area contributed by atoms with Crippen LogP contribution in [0.25, 0.3) is 22.0 Å². The minimum atomic E-state index is -1.05. The molecule has 0 aliphatic rings. The number of nitrogens with one attached hydrogen (secondary N) is 1. The summed E-state index contributed by atoms with van der Waals surface area (Å²) in [6.45, 7) is 4.03. The SMILES string of the molecule is Cc1cc(C)c2[nH]c3oc(C(=O)O)cc3c2c1. The molecule has 0 radical (unpaired) electrons. The van der Waals surface area contributed by atoms with Crippen molar-refractivity contribution < 1.29 is 14.3 Å². The summed E-state index contributed by atoms with van der Waals surface area (Å²) in [6, 6.07) is 5.67. The van der Waals surface area contributed by atoms with Gasteiger partial charge in [-0.2, -0.15) is 0 Å². The molecule has 0 spiro atoms. The van der Waals surface area contributed by atoms with Gasteiger partial charge in [0.15, 0.2) is 0 Å². The number of carboxylic acids is 1. The molecule has 0 unspecified atom stereocenters. The molecule has 4 nitrogen and oxygen atoms in total. The predicted octanol–water partition coefficient (Wildman–Crippen LogP) is 3.23. The summed E-state index contributed by atoms with van der Waals surface area (Å²) in [4.78, 5) is 13.9. The average Bonchev–Trinajstić information content (AvgIpc) is 2.76. The van der Waals surface area contributed by atoms with Crippen molar-refractivity contribution >= 4 is 28.0 Å². The normalized spacial score (nSPS) is 11.4. The highest BCUT2D eigenvalue weighted by Crippen LogP contribution is 2.30. The Labute approximate surface area is 96.8 Å². The molecule has 2 aromatic heterocycles. The maximum absolute atomic E-state index is 10.8. The number of carboxylic acid groups (broad SMARTS) is 1. The van der Waals surface area contributed by atoms with Gasteiger partial charge in [-0.05, 0) is 25.5 Å². The number of fused-ring (bicyclic) bond motifs is 3. The zero-order valence-electron chi connectivity index (χ0n) is 9.50. The number of hydrogen-bond donors (Lipinski definition) is 2. The molecule has 3 rings (SSSR count). The van der Waals surface area contributed by atoms with E-state index in [2.05, 4.69) is 11.1 Å². The van der Waals surface area contributed by atoms with Crippen LogP contribution in [0.1, 0.15) is 21.7 Å². The van der Waals surface area contributed by atoms with Crippen LogP contribution in [0.2, 0.25) is 0 Å². The number of rotatable bonds is 1. The van der Waals surface area contributed by atoms with Crippen LogP contribution >= 0.6 is 0 Å². The van der Waals surface area contributed by atoms with Gasteiger partial charge in [0, 0.05) is 16.8 Å². The van der Waals surface area contributed by atoms with Crippen molar-refractivity contribution in [2.24, 2.45) is 0 Å². The lowest BCUT2D eigenvalue weighted by molar-refractivity contribution is 0.0664. The Kier molecular flexibility index (Phi) is 1.84. The number of hydrogen-bond acceptors (Lipinski definition) is 2. The van der Waals surface area contributed by atoms with Gasteiger partial charge in [-0.25, -0.2) is 4.79 Å². The quantitative estimate of drug-likeness (QED) is 0.673. The Bertz CT molecular complexity index is 749. The third kappa shape index (κ3) is 1.34. The fourth-order valence-electron chi connectivity index (χ4n) is 2.25. The van der Waals surface area contributed by atoms with Crippen LogP contribution in [-0.2, 0) is 0 Å². The van der Waals surface area contributed by atoms with E-state index < -0.39 is 5.97 Å². The zero-order valence-corrected chi connectivity index (χ0v) is 9.50. The smallest absolute Gasteiger partial charge is 0.371 e. The number of aromatic amines is 1. The van der Waals surface area contributed by atoms with Crippen molar-refractivity contribution in [2.75, 3.05) is 0 Å². The number of furan rings is 1. The van der Waals surface area contributed by atoms with Gasteiger partial charge < -0.3 is 14.5 Å². The van der Waals surface area contributed by atoms with Gasteiger partial charge in [-0.3, -0.25) is 0 Å². The van der Waals surface area contributed by atoms with Crippen LogP contribution in [0, 0.1) is 13.8 Å². The lowest BCUT2D eigenvalue weighted by Crippen LogP contribution is -1.91. The number of carbonyl (C=O) groups is 1. The molecule has 17 heavy (non-hydrogen) atoms. The van der Waals surface area contributed by atoms with E-state index in [4.69, 9.17) is 9.52 Å². The van der Waals surface area contributed by atoms with Crippen molar-refractivity contribution in [3.05, 3.63) is 35.1 Å². The number of aromatic carboxylic acids is 1. The second kappa shape index (κ2) is 3.13. The first-order valence-electron chi connectivity index (χ1n) is 5.32. The largest absolute Gasteiger partial charge is 0.475 e. The fourth-order valence-corrected chi connectivity index (χ4v) is 2.25. The first kappa shape index (κ1) is 9.96. The highest BCUT2D eigenvalue weighted by atomic mass is 16.4. The van der Waals surface area contributed by atoms with Crippen molar-refractivity contribution in [3.8, 4) is 0 Å². The van der Waals surface area contributed by atoms with Crippen LogP contribution < -0.4 is 0 Å². The minimum absolute atomic E-state index is 0.0349. The van der Waals surface area contributed by atoms with Crippen molar-refractivity contribution in [2.45, 2.75) is 13.8 Å². The summed E-state index contributed by atoms with van der Waals surface area (Å²) in [5.74, 6) is -1.08. The summed E-state index contributed by atoms with van der Waals surface area (Å²) in [5, 5.41) is 10.7. The van der Waals surface area contributed by atoms with Gasteiger partial charge in [0.25, 0.3) is 0 Å². The van der Waals surface area contributed by atoms with Crippen molar-refractivity contribution in [1.29, 1.82) is 0 Å². The summed E-state index contributed by atoms with van der Waals surface area (Å²) in [6.07, 6.45) is 0. The van der Waals surface area contributed by atoms with Crippen LogP contribution in [0.3, 0.4) is 0 Å². The van der Waals surface area contributed by atoms with Crippen molar-refractivity contribution in [1.82, 2.24) is 4.98 Å². The van der Waals surface area contributed by atoms with Gasteiger partial charge in [0.2, 0.25) is 11.5 Å². The van der Waals surface area contributed by atoms with E-state index in [0.29, 0.717) is 5.71 Å². The molecular formula is C13H11NO3.